The molecule has 8 heteroatoms. The lowest BCUT2D eigenvalue weighted by molar-refractivity contribution is -0.149. The van der Waals surface area contributed by atoms with Crippen LogP contribution in [0, 0.1) is 0 Å². The van der Waals surface area contributed by atoms with Gasteiger partial charge in [-0.2, -0.15) is 0 Å². The van der Waals surface area contributed by atoms with E-state index in [1.807, 2.05) is 0 Å². The van der Waals surface area contributed by atoms with Crippen molar-refractivity contribution in [3.05, 3.63) is 23.8 Å². The smallest absolute Gasteiger partial charge is 0.246 e. The van der Waals surface area contributed by atoms with Crippen molar-refractivity contribution in [2.75, 3.05) is 34.4 Å². The molecular weight excluding hydrogens is 352 g/mol. The van der Waals surface area contributed by atoms with Gasteiger partial charge in [0, 0.05) is 32.0 Å². The van der Waals surface area contributed by atoms with E-state index in [1.165, 1.54) is 32.3 Å². The van der Waals surface area contributed by atoms with E-state index in [1.54, 1.807) is 23.1 Å². The van der Waals surface area contributed by atoms with Gasteiger partial charge in [0.05, 0.1) is 27.4 Å². The molecule has 0 unspecified atom stereocenters. The number of likely N-dealkylation sites (tertiary alicyclic amines) is 2. The Labute approximate surface area is 157 Å². The van der Waals surface area contributed by atoms with Crippen molar-refractivity contribution < 1.29 is 28.6 Å². The number of hydrogen-bond donors (Lipinski definition) is 0. The van der Waals surface area contributed by atoms with E-state index in [0.717, 1.165) is 5.56 Å². The fourth-order valence-electron chi connectivity index (χ4n) is 3.27. The minimum Gasteiger partial charge on any atom is -0.493 e. The highest BCUT2D eigenvalue weighted by Crippen LogP contribution is 2.38. The molecule has 0 radical (unpaired) electrons. The number of methoxy groups -OCH3 is 3. The normalized spacial score (nSPS) is 17.4. The molecule has 2 saturated heterocycles. The molecular formula is C19H22N2O6. The SMILES string of the molecule is COc1cc(/C=C/C(=O)N2CC(N3C(=O)CCC3=O)C2)cc(OC)c1OC. The molecule has 2 heterocycles. The van der Waals surface area contributed by atoms with Gasteiger partial charge < -0.3 is 19.1 Å². The summed E-state index contributed by atoms with van der Waals surface area (Å²) < 4.78 is 15.9. The molecule has 3 amide bonds. The third kappa shape index (κ3) is 3.60. The molecule has 2 aliphatic heterocycles. The fraction of sp³-hybridized carbons (Fsp3) is 0.421. The van der Waals surface area contributed by atoms with Crippen LogP contribution in [-0.4, -0.2) is 68.0 Å². The first-order valence-corrected chi connectivity index (χ1v) is 8.60. The standard InChI is InChI=1S/C19H22N2O6/c1-25-14-8-12(9-15(26-2)19(14)27-3)4-5-16(22)20-10-13(11-20)21-17(23)6-7-18(21)24/h4-5,8-9,13H,6-7,10-11H2,1-3H3/b5-4+. The second kappa shape index (κ2) is 7.69. The topological polar surface area (TPSA) is 85.4 Å². The summed E-state index contributed by atoms with van der Waals surface area (Å²) in [4.78, 5) is 38.7. The summed E-state index contributed by atoms with van der Waals surface area (Å²) in [5, 5.41) is 0. The quantitative estimate of drug-likeness (QED) is 0.547. The maximum Gasteiger partial charge on any atom is 0.246 e. The molecule has 0 atom stereocenters. The number of rotatable bonds is 6. The second-order valence-corrected chi connectivity index (χ2v) is 6.35. The molecule has 1 aromatic rings. The maximum atomic E-state index is 12.3. The molecule has 0 N–H and O–H groups in total. The third-order valence-corrected chi connectivity index (χ3v) is 4.73. The summed E-state index contributed by atoms with van der Waals surface area (Å²) >= 11 is 0. The van der Waals surface area contributed by atoms with Crippen molar-refractivity contribution >= 4 is 23.8 Å². The van der Waals surface area contributed by atoms with Crippen molar-refractivity contribution in [1.82, 2.24) is 9.80 Å². The van der Waals surface area contributed by atoms with Gasteiger partial charge in [-0.15, -0.1) is 0 Å². The summed E-state index contributed by atoms with van der Waals surface area (Å²) in [7, 11) is 4.57. The van der Waals surface area contributed by atoms with E-state index in [4.69, 9.17) is 14.2 Å². The van der Waals surface area contributed by atoms with Gasteiger partial charge in [0.15, 0.2) is 11.5 Å². The van der Waals surface area contributed by atoms with Gasteiger partial charge in [0.25, 0.3) is 0 Å². The number of ether oxygens (including phenoxy) is 3. The first-order valence-electron chi connectivity index (χ1n) is 8.60. The van der Waals surface area contributed by atoms with Crippen molar-refractivity contribution in [2.45, 2.75) is 18.9 Å². The van der Waals surface area contributed by atoms with E-state index < -0.39 is 0 Å². The first-order chi connectivity index (χ1) is 13.0. The fourth-order valence-corrected chi connectivity index (χ4v) is 3.27. The number of carbonyl (C=O) groups excluding carboxylic acids is 3. The van der Waals surface area contributed by atoms with Crippen LogP contribution < -0.4 is 14.2 Å². The van der Waals surface area contributed by atoms with E-state index in [9.17, 15) is 14.4 Å². The average Bonchev–Trinajstić information content (AvgIpc) is 2.96. The minimum atomic E-state index is -0.203. The number of imide groups is 1. The van der Waals surface area contributed by atoms with Gasteiger partial charge in [-0.3, -0.25) is 19.3 Å². The van der Waals surface area contributed by atoms with Gasteiger partial charge in [0.2, 0.25) is 23.5 Å². The van der Waals surface area contributed by atoms with Crippen molar-refractivity contribution in [2.24, 2.45) is 0 Å². The molecule has 0 aliphatic carbocycles. The van der Waals surface area contributed by atoms with Crippen LogP contribution in [0.5, 0.6) is 17.2 Å². The summed E-state index contributed by atoms with van der Waals surface area (Å²) in [6, 6.07) is 3.28. The number of carbonyl (C=O) groups is 3. The predicted octanol–water partition coefficient (Wildman–Crippen LogP) is 1.09. The highest BCUT2D eigenvalue weighted by molar-refractivity contribution is 6.02. The lowest BCUT2D eigenvalue weighted by Crippen LogP contribution is -2.61. The highest BCUT2D eigenvalue weighted by atomic mass is 16.5. The zero-order chi connectivity index (χ0) is 19.6. The van der Waals surface area contributed by atoms with E-state index in [0.29, 0.717) is 30.3 Å². The summed E-state index contributed by atoms with van der Waals surface area (Å²) in [5.74, 6) is 1.00. The zero-order valence-corrected chi connectivity index (χ0v) is 15.6. The molecule has 0 saturated carbocycles. The van der Waals surface area contributed by atoms with Crippen LogP contribution in [0.1, 0.15) is 18.4 Å². The summed E-state index contributed by atoms with van der Waals surface area (Å²) in [5.41, 5.74) is 0.722. The van der Waals surface area contributed by atoms with Crippen LogP contribution in [0.15, 0.2) is 18.2 Å². The molecule has 0 aromatic heterocycles. The van der Waals surface area contributed by atoms with Crippen LogP contribution in [-0.2, 0) is 14.4 Å². The van der Waals surface area contributed by atoms with Crippen LogP contribution in [0.2, 0.25) is 0 Å². The summed E-state index contributed by atoms with van der Waals surface area (Å²) in [6.07, 6.45) is 3.64. The third-order valence-electron chi connectivity index (χ3n) is 4.73. The molecule has 144 valence electrons. The zero-order valence-electron chi connectivity index (χ0n) is 15.6. The highest BCUT2D eigenvalue weighted by Gasteiger charge is 2.42. The Bertz CT molecular complexity index is 756. The van der Waals surface area contributed by atoms with Crippen LogP contribution in [0.3, 0.4) is 0 Å². The Kier molecular flexibility index (Phi) is 5.34. The molecule has 3 rings (SSSR count). The molecule has 0 bridgehead atoms. The van der Waals surface area contributed by atoms with Crippen molar-refractivity contribution in [1.29, 1.82) is 0 Å². The molecule has 2 fully saturated rings. The largest absolute Gasteiger partial charge is 0.493 e. The monoisotopic (exact) mass is 374 g/mol. The van der Waals surface area contributed by atoms with Crippen LogP contribution in [0.25, 0.3) is 6.08 Å². The number of amides is 3. The Hall–Kier alpha value is -3.03. The Balaban J connectivity index is 1.64. The van der Waals surface area contributed by atoms with E-state index in [2.05, 4.69) is 0 Å². The van der Waals surface area contributed by atoms with Gasteiger partial charge in [-0.25, -0.2) is 0 Å². The average molecular weight is 374 g/mol. The second-order valence-electron chi connectivity index (χ2n) is 6.35. The van der Waals surface area contributed by atoms with Gasteiger partial charge in [-0.1, -0.05) is 0 Å². The lowest BCUT2D eigenvalue weighted by atomic mass is 10.1. The molecule has 0 spiro atoms. The van der Waals surface area contributed by atoms with Crippen LogP contribution >= 0.6 is 0 Å². The van der Waals surface area contributed by atoms with Gasteiger partial charge in [-0.05, 0) is 23.8 Å². The molecule has 27 heavy (non-hydrogen) atoms. The minimum absolute atomic E-state index is 0.148. The Morgan fingerprint density at radius 3 is 2.04 bits per heavy atom. The summed E-state index contributed by atoms with van der Waals surface area (Å²) in [6.45, 7) is 0.742. The number of hydrogen-bond acceptors (Lipinski definition) is 6. The first kappa shape index (κ1) is 18.8. The lowest BCUT2D eigenvalue weighted by Gasteiger charge is -2.42. The number of nitrogens with zero attached hydrogens (tertiary/aromatic N) is 2. The Morgan fingerprint density at radius 1 is 1.00 bits per heavy atom. The van der Waals surface area contributed by atoms with Gasteiger partial charge in [0.1, 0.15) is 0 Å². The molecule has 1 aromatic carbocycles. The number of benzene rings is 1. The predicted molar refractivity (Wildman–Crippen MR) is 96.6 cm³/mol. The van der Waals surface area contributed by atoms with Crippen LogP contribution in [0.4, 0.5) is 0 Å². The van der Waals surface area contributed by atoms with E-state index >= 15 is 0 Å². The van der Waals surface area contributed by atoms with Crippen molar-refractivity contribution in [3.63, 3.8) is 0 Å². The van der Waals surface area contributed by atoms with Crippen molar-refractivity contribution in [3.8, 4) is 17.2 Å². The Morgan fingerprint density at radius 2 is 1.56 bits per heavy atom. The molecule has 2 aliphatic rings. The van der Waals surface area contributed by atoms with Gasteiger partial charge >= 0.3 is 0 Å². The van der Waals surface area contributed by atoms with E-state index in [-0.39, 0.29) is 36.6 Å². The molecule has 8 nitrogen and oxygen atoms in total. The maximum absolute atomic E-state index is 12.3.